The van der Waals surface area contributed by atoms with E-state index in [0.29, 0.717) is 5.69 Å². The first-order valence-corrected chi connectivity index (χ1v) is 7.24. The Morgan fingerprint density at radius 3 is 2.72 bits per heavy atom. The van der Waals surface area contributed by atoms with Crippen LogP contribution in [-0.2, 0) is 21.2 Å². The summed E-state index contributed by atoms with van der Waals surface area (Å²) in [6.45, 7) is -0.164. The van der Waals surface area contributed by atoms with E-state index in [1.165, 1.54) is 18.3 Å². The Bertz CT molecular complexity index is 591. The lowest BCUT2D eigenvalue weighted by Gasteiger charge is -2.07. The second kappa shape index (κ2) is 5.67. The van der Waals surface area contributed by atoms with Crippen molar-refractivity contribution in [2.24, 2.45) is 0 Å². The van der Waals surface area contributed by atoms with Crippen LogP contribution in [-0.4, -0.2) is 37.4 Å². The van der Waals surface area contributed by atoms with E-state index in [0.717, 1.165) is 10.8 Å². The molecule has 0 fully saturated rings. The van der Waals surface area contributed by atoms with Crippen LogP contribution in [0.1, 0.15) is 0 Å². The lowest BCUT2D eigenvalue weighted by atomic mass is 10.4. The largest absolute Gasteiger partial charge is 0.398 e. The summed E-state index contributed by atoms with van der Waals surface area (Å²) in [6.07, 6.45) is 2.44. The van der Waals surface area contributed by atoms with Crippen LogP contribution in [0.5, 0.6) is 0 Å². The predicted octanol–water partition coefficient (Wildman–Crippen LogP) is -1.41. The smallest absolute Gasteiger partial charge is 0.251 e. The van der Waals surface area contributed by atoms with Crippen molar-refractivity contribution in [3.05, 3.63) is 28.7 Å². The number of nitrogens with zero attached hydrogens (tertiary/aromatic N) is 1. The number of pyridine rings is 1. The molecular weight excluding hydrogens is 258 g/mol. The average molecular weight is 273 g/mol. The van der Waals surface area contributed by atoms with E-state index in [9.17, 15) is 18.0 Å². The fourth-order valence-electron chi connectivity index (χ4n) is 1.26. The molecule has 0 saturated carbocycles. The molecule has 0 aliphatic heterocycles. The van der Waals surface area contributed by atoms with Gasteiger partial charge in [-0.15, -0.1) is 0 Å². The zero-order valence-electron chi connectivity index (χ0n) is 9.92. The Morgan fingerprint density at radius 2 is 2.11 bits per heavy atom. The van der Waals surface area contributed by atoms with E-state index >= 15 is 0 Å². The molecule has 1 amide bonds. The van der Waals surface area contributed by atoms with Crippen LogP contribution in [0.25, 0.3) is 0 Å². The van der Waals surface area contributed by atoms with Crippen molar-refractivity contribution in [1.82, 2.24) is 9.88 Å². The monoisotopic (exact) mass is 273 g/mol. The quantitative estimate of drug-likeness (QED) is 0.684. The van der Waals surface area contributed by atoms with Crippen molar-refractivity contribution in [3.8, 4) is 0 Å². The van der Waals surface area contributed by atoms with Gasteiger partial charge in [-0.25, -0.2) is 8.42 Å². The number of aromatic nitrogens is 1. The maximum Gasteiger partial charge on any atom is 0.251 e. The molecule has 0 bridgehead atoms. The Hall–Kier alpha value is -1.83. The van der Waals surface area contributed by atoms with Crippen LogP contribution in [0.2, 0.25) is 0 Å². The molecule has 0 aliphatic carbocycles. The van der Waals surface area contributed by atoms with Gasteiger partial charge in [0.25, 0.3) is 5.56 Å². The standard InChI is InChI=1S/C10H15N3O4S/c1-18(16,17)5-4-12-9(14)7-13-6-8(11)2-3-10(13)15/h2-3,6H,4-5,7,11H2,1H3,(H,12,14). The van der Waals surface area contributed by atoms with Crippen LogP contribution in [0.15, 0.2) is 23.1 Å². The highest BCUT2D eigenvalue weighted by atomic mass is 32.2. The minimum absolute atomic E-state index is 0.0226. The fraction of sp³-hybridized carbons (Fsp3) is 0.400. The Morgan fingerprint density at radius 1 is 1.44 bits per heavy atom. The summed E-state index contributed by atoms with van der Waals surface area (Å²) in [5, 5.41) is 2.42. The van der Waals surface area contributed by atoms with E-state index < -0.39 is 15.7 Å². The molecule has 100 valence electrons. The molecule has 1 aromatic rings. The molecule has 0 aromatic carbocycles. The maximum absolute atomic E-state index is 11.5. The molecule has 18 heavy (non-hydrogen) atoms. The van der Waals surface area contributed by atoms with Gasteiger partial charge in [0.2, 0.25) is 5.91 Å². The van der Waals surface area contributed by atoms with Gasteiger partial charge in [0, 0.05) is 30.8 Å². The number of nitrogen functional groups attached to an aromatic ring is 1. The summed E-state index contributed by atoms with van der Waals surface area (Å²) >= 11 is 0. The third-order valence-electron chi connectivity index (χ3n) is 2.12. The van der Waals surface area contributed by atoms with Gasteiger partial charge in [-0.1, -0.05) is 0 Å². The van der Waals surface area contributed by atoms with Crippen molar-refractivity contribution >= 4 is 21.4 Å². The third kappa shape index (κ3) is 5.00. The molecular formula is C10H15N3O4S. The van der Waals surface area contributed by atoms with Gasteiger partial charge in [-0.2, -0.15) is 0 Å². The van der Waals surface area contributed by atoms with Gasteiger partial charge < -0.3 is 15.6 Å². The zero-order valence-corrected chi connectivity index (χ0v) is 10.7. The number of hydrogen-bond donors (Lipinski definition) is 2. The first-order chi connectivity index (χ1) is 8.28. The van der Waals surface area contributed by atoms with Crippen molar-refractivity contribution < 1.29 is 13.2 Å². The molecule has 8 heteroatoms. The molecule has 0 saturated heterocycles. The average Bonchev–Trinajstić information content (AvgIpc) is 2.21. The predicted molar refractivity (Wildman–Crippen MR) is 67.8 cm³/mol. The third-order valence-corrected chi connectivity index (χ3v) is 3.06. The van der Waals surface area contributed by atoms with Gasteiger partial charge in [-0.05, 0) is 6.07 Å². The Labute approximate surface area is 105 Å². The molecule has 1 aromatic heterocycles. The van der Waals surface area contributed by atoms with Crippen molar-refractivity contribution in [2.45, 2.75) is 6.54 Å². The topological polar surface area (TPSA) is 111 Å². The Kier molecular flexibility index (Phi) is 4.49. The highest BCUT2D eigenvalue weighted by Gasteiger charge is 2.06. The van der Waals surface area contributed by atoms with E-state index in [1.54, 1.807) is 0 Å². The zero-order chi connectivity index (χ0) is 13.8. The number of nitrogens with two attached hydrogens (primary N) is 1. The van der Waals surface area contributed by atoms with E-state index in [-0.39, 0.29) is 24.4 Å². The minimum atomic E-state index is -3.11. The number of sulfone groups is 1. The molecule has 0 atom stereocenters. The van der Waals surface area contributed by atoms with Crippen LogP contribution in [0, 0.1) is 0 Å². The number of rotatable bonds is 5. The van der Waals surface area contributed by atoms with Crippen molar-refractivity contribution in [1.29, 1.82) is 0 Å². The van der Waals surface area contributed by atoms with E-state index in [1.807, 2.05) is 0 Å². The summed E-state index contributed by atoms with van der Waals surface area (Å²) in [4.78, 5) is 22.8. The van der Waals surface area contributed by atoms with E-state index in [2.05, 4.69) is 5.32 Å². The van der Waals surface area contributed by atoms with Crippen LogP contribution in [0.3, 0.4) is 0 Å². The summed E-state index contributed by atoms with van der Waals surface area (Å²) in [7, 11) is -3.11. The lowest BCUT2D eigenvalue weighted by Crippen LogP contribution is -2.34. The molecule has 0 radical (unpaired) electrons. The van der Waals surface area contributed by atoms with Gasteiger partial charge in [0.05, 0.1) is 5.75 Å². The van der Waals surface area contributed by atoms with Crippen LogP contribution in [0.4, 0.5) is 5.69 Å². The highest BCUT2D eigenvalue weighted by molar-refractivity contribution is 7.90. The van der Waals surface area contributed by atoms with Crippen molar-refractivity contribution in [2.75, 3.05) is 24.3 Å². The number of anilines is 1. The number of hydrogen-bond acceptors (Lipinski definition) is 5. The minimum Gasteiger partial charge on any atom is -0.398 e. The molecule has 1 rings (SSSR count). The second-order valence-corrected chi connectivity index (χ2v) is 6.17. The van der Waals surface area contributed by atoms with Gasteiger partial charge in [0.15, 0.2) is 0 Å². The summed E-state index contributed by atoms with van der Waals surface area (Å²) in [5.41, 5.74) is 5.52. The lowest BCUT2D eigenvalue weighted by molar-refractivity contribution is -0.121. The van der Waals surface area contributed by atoms with E-state index in [4.69, 9.17) is 5.73 Å². The number of carbonyl (C=O) groups excluding carboxylic acids is 1. The SMILES string of the molecule is CS(=O)(=O)CCNC(=O)Cn1cc(N)ccc1=O. The number of amides is 1. The number of nitrogens with one attached hydrogen (secondary N) is 1. The highest BCUT2D eigenvalue weighted by Crippen LogP contribution is 1.95. The second-order valence-electron chi connectivity index (χ2n) is 3.91. The first kappa shape index (κ1) is 14.2. The molecule has 0 spiro atoms. The molecule has 3 N–H and O–H groups in total. The summed E-state index contributed by atoms with van der Waals surface area (Å²) < 4.78 is 22.9. The normalized spacial score (nSPS) is 11.2. The van der Waals surface area contributed by atoms with Crippen LogP contribution < -0.4 is 16.6 Å². The molecule has 1 heterocycles. The van der Waals surface area contributed by atoms with Crippen LogP contribution >= 0.6 is 0 Å². The number of carbonyl (C=O) groups is 1. The fourth-order valence-corrected chi connectivity index (χ4v) is 1.73. The summed E-state index contributed by atoms with van der Waals surface area (Å²) in [5.74, 6) is -0.573. The van der Waals surface area contributed by atoms with Gasteiger partial charge in [-0.3, -0.25) is 9.59 Å². The molecule has 7 nitrogen and oxygen atoms in total. The molecule has 0 aliphatic rings. The molecule has 0 unspecified atom stereocenters. The Balaban J connectivity index is 2.55. The summed E-state index contributed by atoms with van der Waals surface area (Å²) in [6, 6.07) is 2.71. The maximum atomic E-state index is 11.5. The van der Waals surface area contributed by atoms with Crippen molar-refractivity contribution in [3.63, 3.8) is 0 Å². The van der Waals surface area contributed by atoms with Gasteiger partial charge in [0.1, 0.15) is 16.4 Å². The van der Waals surface area contributed by atoms with Gasteiger partial charge >= 0.3 is 0 Å². The first-order valence-electron chi connectivity index (χ1n) is 5.18.